The van der Waals surface area contributed by atoms with E-state index in [0.717, 1.165) is 12.0 Å². The Morgan fingerprint density at radius 1 is 1.20 bits per heavy atom. The van der Waals surface area contributed by atoms with Crippen LogP contribution in [0, 0.1) is 17.7 Å². The van der Waals surface area contributed by atoms with Crippen LogP contribution < -0.4 is 4.74 Å². The molecule has 20 heavy (non-hydrogen) atoms. The molecule has 0 aliphatic heterocycles. The SMILES string of the molecule is Fc1cc(C#CCCl)cc(OCCc2ccncc2)c1. The number of pyridine rings is 1. The van der Waals surface area contributed by atoms with Crippen molar-refractivity contribution in [3.8, 4) is 17.6 Å². The van der Waals surface area contributed by atoms with E-state index in [-0.39, 0.29) is 11.7 Å². The molecule has 0 saturated heterocycles. The van der Waals surface area contributed by atoms with E-state index in [4.69, 9.17) is 16.3 Å². The summed E-state index contributed by atoms with van der Waals surface area (Å²) in [6.07, 6.45) is 4.20. The van der Waals surface area contributed by atoms with E-state index in [0.29, 0.717) is 17.9 Å². The average molecular weight is 290 g/mol. The van der Waals surface area contributed by atoms with Crippen LogP contribution in [0.2, 0.25) is 0 Å². The number of aromatic nitrogens is 1. The van der Waals surface area contributed by atoms with Crippen molar-refractivity contribution in [2.45, 2.75) is 6.42 Å². The summed E-state index contributed by atoms with van der Waals surface area (Å²) >= 11 is 5.48. The van der Waals surface area contributed by atoms with E-state index in [1.54, 1.807) is 18.5 Å². The van der Waals surface area contributed by atoms with Gasteiger partial charge in [-0.1, -0.05) is 11.8 Å². The van der Waals surface area contributed by atoms with Crippen LogP contribution in [0.15, 0.2) is 42.7 Å². The molecule has 1 aromatic carbocycles. The third-order valence-electron chi connectivity index (χ3n) is 2.58. The summed E-state index contributed by atoms with van der Waals surface area (Å²) in [7, 11) is 0. The topological polar surface area (TPSA) is 22.1 Å². The van der Waals surface area contributed by atoms with Gasteiger partial charge >= 0.3 is 0 Å². The largest absolute Gasteiger partial charge is 0.493 e. The van der Waals surface area contributed by atoms with Crippen LogP contribution in [0.5, 0.6) is 5.75 Å². The molecule has 0 radical (unpaired) electrons. The van der Waals surface area contributed by atoms with Crippen LogP contribution in [0.25, 0.3) is 0 Å². The lowest BCUT2D eigenvalue weighted by Gasteiger charge is -2.07. The number of ether oxygens (including phenoxy) is 1. The molecule has 0 aliphatic rings. The second kappa shape index (κ2) is 7.52. The molecule has 4 heteroatoms. The molecule has 2 aromatic rings. The van der Waals surface area contributed by atoms with Gasteiger partial charge in [0.05, 0.1) is 12.5 Å². The standard InChI is InChI=1S/C16H13ClFNO/c17-6-1-2-14-10-15(18)12-16(11-14)20-9-5-13-3-7-19-8-4-13/h3-4,7-8,10-12H,5-6,9H2. The molecule has 0 bridgehead atoms. The molecule has 0 unspecified atom stereocenters. The van der Waals surface area contributed by atoms with Gasteiger partial charge in [0, 0.05) is 30.4 Å². The summed E-state index contributed by atoms with van der Waals surface area (Å²) < 4.78 is 19.0. The van der Waals surface area contributed by atoms with Gasteiger partial charge in [-0.15, -0.1) is 11.6 Å². The van der Waals surface area contributed by atoms with Gasteiger partial charge in [0.1, 0.15) is 11.6 Å². The van der Waals surface area contributed by atoms with E-state index in [1.165, 1.54) is 12.1 Å². The van der Waals surface area contributed by atoms with Gasteiger partial charge in [0.25, 0.3) is 0 Å². The Morgan fingerprint density at radius 3 is 2.75 bits per heavy atom. The van der Waals surface area contributed by atoms with Gasteiger partial charge in [-0.3, -0.25) is 4.98 Å². The third-order valence-corrected chi connectivity index (χ3v) is 2.71. The van der Waals surface area contributed by atoms with Crippen LogP contribution in [0.4, 0.5) is 4.39 Å². The molecule has 102 valence electrons. The summed E-state index contributed by atoms with van der Waals surface area (Å²) in [4.78, 5) is 3.95. The highest BCUT2D eigenvalue weighted by molar-refractivity contribution is 6.19. The summed E-state index contributed by atoms with van der Waals surface area (Å²) in [6, 6.07) is 8.25. The highest BCUT2D eigenvalue weighted by Gasteiger charge is 2.01. The fourth-order valence-electron chi connectivity index (χ4n) is 1.69. The zero-order chi connectivity index (χ0) is 14.2. The molecule has 0 atom stereocenters. The van der Waals surface area contributed by atoms with Crippen LogP contribution in [0.3, 0.4) is 0 Å². The van der Waals surface area contributed by atoms with Crippen molar-refractivity contribution in [1.82, 2.24) is 4.98 Å². The highest BCUT2D eigenvalue weighted by atomic mass is 35.5. The van der Waals surface area contributed by atoms with Gasteiger partial charge in [0.2, 0.25) is 0 Å². The fraction of sp³-hybridized carbons (Fsp3) is 0.188. The van der Waals surface area contributed by atoms with Crippen LogP contribution in [-0.4, -0.2) is 17.5 Å². The number of benzene rings is 1. The molecular weight excluding hydrogens is 277 g/mol. The smallest absolute Gasteiger partial charge is 0.128 e. The number of nitrogens with zero attached hydrogens (tertiary/aromatic N) is 1. The molecule has 0 spiro atoms. The molecule has 0 aliphatic carbocycles. The number of alkyl halides is 1. The lowest BCUT2D eigenvalue weighted by molar-refractivity contribution is 0.320. The lowest BCUT2D eigenvalue weighted by Crippen LogP contribution is -2.02. The van der Waals surface area contributed by atoms with E-state index >= 15 is 0 Å². The molecule has 0 fully saturated rings. The van der Waals surface area contributed by atoms with E-state index < -0.39 is 0 Å². The summed E-state index contributed by atoms with van der Waals surface area (Å²) in [5.74, 6) is 5.78. The molecule has 1 aromatic heterocycles. The first-order valence-electron chi connectivity index (χ1n) is 6.15. The van der Waals surface area contributed by atoms with Crippen molar-refractivity contribution in [2.75, 3.05) is 12.5 Å². The van der Waals surface area contributed by atoms with Gasteiger partial charge in [-0.25, -0.2) is 4.39 Å². The summed E-state index contributed by atoms with van der Waals surface area (Å²) in [6.45, 7) is 0.468. The predicted molar refractivity (Wildman–Crippen MR) is 77.4 cm³/mol. The molecular formula is C16H13ClFNO. The number of halogens is 2. The molecule has 0 saturated carbocycles. The fourth-order valence-corrected chi connectivity index (χ4v) is 1.76. The van der Waals surface area contributed by atoms with Crippen molar-refractivity contribution in [2.24, 2.45) is 0 Å². The minimum atomic E-state index is -0.370. The first kappa shape index (κ1) is 14.4. The zero-order valence-electron chi connectivity index (χ0n) is 10.8. The van der Waals surface area contributed by atoms with Gasteiger partial charge in [-0.2, -0.15) is 0 Å². The maximum absolute atomic E-state index is 13.4. The van der Waals surface area contributed by atoms with E-state index in [9.17, 15) is 4.39 Å². The summed E-state index contributed by atoms with van der Waals surface area (Å²) in [5, 5.41) is 0. The van der Waals surface area contributed by atoms with Crippen LogP contribution in [0.1, 0.15) is 11.1 Å². The van der Waals surface area contributed by atoms with Crippen molar-refractivity contribution in [1.29, 1.82) is 0 Å². The molecule has 1 heterocycles. The minimum Gasteiger partial charge on any atom is -0.493 e. The molecule has 0 N–H and O–H groups in total. The number of hydrogen-bond donors (Lipinski definition) is 0. The Bertz CT molecular complexity index is 619. The molecule has 2 rings (SSSR count). The maximum atomic E-state index is 13.4. The highest BCUT2D eigenvalue weighted by Crippen LogP contribution is 2.16. The second-order valence-corrected chi connectivity index (χ2v) is 4.33. The number of hydrogen-bond acceptors (Lipinski definition) is 2. The Kier molecular flexibility index (Phi) is 5.40. The Hall–Kier alpha value is -2.05. The molecule has 2 nitrogen and oxygen atoms in total. The first-order chi connectivity index (χ1) is 9.78. The van der Waals surface area contributed by atoms with Crippen molar-refractivity contribution < 1.29 is 9.13 Å². The first-order valence-corrected chi connectivity index (χ1v) is 6.68. The third kappa shape index (κ3) is 4.56. The maximum Gasteiger partial charge on any atom is 0.128 e. The Balaban J connectivity index is 1.97. The van der Waals surface area contributed by atoms with Crippen molar-refractivity contribution >= 4 is 11.6 Å². The monoisotopic (exact) mass is 289 g/mol. The quantitative estimate of drug-likeness (QED) is 0.635. The van der Waals surface area contributed by atoms with Crippen LogP contribution >= 0.6 is 11.6 Å². The minimum absolute atomic E-state index is 0.217. The van der Waals surface area contributed by atoms with Gasteiger partial charge in [-0.05, 0) is 29.8 Å². The van der Waals surface area contributed by atoms with E-state index in [2.05, 4.69) is 16.8 Å². The van der Waals surface area contributed by atoms with E-state index in [1.807, 2.05) is 12.1 Å². The van der Waals surface area contributed by atoms with Gasteiger partial charge < -0.3 is 4.74 Å². The predicted octanol–water partition coefficient (Wildman–Crippen LogP) is 3.43. The van der Waals surface area contributed by atoms with Gasteiger partial charge in [0.15, 0.2) is 0 Å². The van der Waals surface area contributed by atoms with Crippen molar-refractivity contribution in [3.63, 3.8) is 0 Å². The normalized spacial score (nSPS) is 9.70. The Morgan fingerprint density at radius 2 is 2.00 bits per heavy atom. The molecule has 0 amide bonds. The number of rotatable bonds is 4. The van der Waals surface area contributed by atoms with Crippen LogP contribution in [-0.2, 0) is 6.42 Å². The lowest BCUT2D eigenvalue weighted by atomic mass is 10.2. The second-order valence-electron chi connectivity index (χ2n) is 4.06. The zero-order valence-corrected chi connectivity index (χ0v) is 11.5. The average Bonchev–Trinajstić information content (AvgIpc) is 2.46. The Labute approximate surface area is 122 Å². The van der Waals surface area contributed by atoms with Crippen molar-refractivity contribution in [3.05, 3.63) is 59.7 Å². The summed E-state index contributed by atoms with van der Waals surface area (Å²) in [5.41, 5.74) is 1.68.